The largest absolute Gasteiger partial charge is 0.565 e. The first-order valence-corrected chi connectivity index (χ1v) is 5.88. The van der Waals surface area contributed by atoms with Crippen molar-refractivity contribution in [3.05, 3.63) is 34.4 Å². The summed E-state index contributed by atoms with van der Waals surface area (Å²) in [4.78, 5) is 4.13. The van der Waals surface area contributed by atoms with E-state index in [1.807, 2.05) is 6.07 Å². The first-order chi connectivity index (χ1) is 9.49. The van der Waals surface area contributed by atoms with Crippen LogP contribution >= 0.6 is 0 Å². The first kappa shape index (κ1) is 13.9. The summed E-state index contributed by atoms with van der Waals surface area (Å²) in [5.41, 5.74) is 1.82. The molecule has 0 saturated carbocycles. The van der Waals surface area contributed by atoms with Crippen LogP contribution in [-0.4, -0.2) is 18.2 Å². The minimum Gasteiger partial charge on any atom is -0.565 e. The second-order valence-corrected chi connectivity index (χ2v) is 4.29. The van der Waals surface area contributed by atoms with Crippen LogP contribution in [0.4, 0.5) is 0 Å². The lowest BCUT2D eigenvalue weighted by molar-refractivity contribution is 0.391. The molecule has 0 aliphatic carbocycles. The molecule has 0 amide bonds. The summed E-state index contributed by atoms with van der Waals surface area (Å²) in [7, 11) is 5.30. The number of nitrogens with zero attached hydrogens (tertiary/aromatic N) is 3. The second kappa shape index (κ2) is 5.25. The van der Waals surface area contributed by atoms with Gasteiger partial charge in [0.25, 0.3) is 0 Å². The van der Waals surface area contributed by atoms with Gasteiger partial charge in [0.15, 0.2) is 23.1 Å². The van der Waals surface area contributed by atoms with Gasteiger partial charge < -0.3 is 13.6 Å². The average molecular weight is 269 g/mol. The highest BCUT2D eigenvalue weighted by Crippen LogP contribution is 2.30. The van der Waals surface area contributed by atoms with Gasteiger partial charge in [-0.1, -0.05) is 5.16 Å². The van der Waals surface area contributed by atoms with Crippen molar-refractivity contribution in [2.45, 2.75) is 27.7 Å². The number of nitriles is 1. The lowest BCUT2D eigenvalue weighted by Crippen LogP contribution is -1.97. The molecule has 0 aliphatic rings. The van der Waals surface area contributed by atoms with Crippen LogP contribution in [0, 0.1) is 39.0 Å². The lowest BCUT2D eigenvalue weighted by Gasteiger charge is -2.06. The maximum absolute atomic E-state index is 9.38. The summed E-state index contributed by atoms with van der Waals surface area (Å²) in [6, 6.07) is 2.02. The summed E-state index contributed by atoms with van der Waals surface area (Å²) in [5.74, 6) is 1.48. The van der Waals surface area contributed by atoms with E-state index in [0.29, 0.717) is 28.8 Å². The molecule has 0 aromatic carbocycles. The van der Waals surface area contributed by atoms with Crippen molar-refractivity contribution in [1.29, 1.82) is 5.26 Å². The molecule has 0 N–H and O–H groups in total. The maximum Gasteiger partial charge on any atom is 0.374 e. The van der Waals surface area contributed by atoms with E-state index in [4.69, 9.17) is 21.6 Å². The third kappa shape index (κ3) is 2.20. The fraction of sp³-hybridized carbons (Fsp3) is 0.308. The highest BCUT2D eigenvalue weighted by molar-refractivity contribution is 6.06. The van der Waals surface area contributed by atoms with Gasteiger partial charge in [0.05, 0.1) is 5.69 Å². The van der Waals surface area contributed by atoms with Crippen molar-refractivity contribution in [2.75, 3.05) is 0 Å². The van der Waals surface area contributed by atoms with Gasteiger partial charge in [-0.25, -0.2) is 4.98 Å². The molecule has 2 rings (SSSR count). The van der Waals surface area contributed by atoms with Gasteiger partial charge in [-0.3, -0.25) is 0 Å². The van der Waals surface area contributed by atoms with E-state index in [0.717, 1.165) is 5.56 Å². The molecule has 100 valence electrons. The van der Waals surface area contributed by atoms with Crippen LogP contribution in [0.15, 0.2) is 8.94 Å². The summed E-state index contributed by atoms with van der Waals surface area (Å²) >= 11 is 0. The molecule has 0 spiro atoms. The molecule has 2 aromatic heterocycles. The molecule has 2 heterocycles. The molecule has 20 heavy (non-hydrogen) atoms. The number of oxazole rings is 1. The third-order valence-electron chi connectivity index (χ3n) is 2.96. The molecule has 7 heteroatoms. The van der Waals surface area contributed by atoms with Crippen LogP contribution in [0.2, 0.25) is 0 Å². The topological polar surface area (TPSA) is 85.1 Å². The van der Waals surface area contributed by atoms with E-state index in [1.54, 1.807) is 27.7 Å². The molecule has 0 saturated heterocycles. The zero-order chi connectivity index (χ0) is 14.9. The zero-order valence-corrected chi connectivity index (χ0v) is 11.6. The third-order valence-corrected chi connectivity index (χ3v) is 2.96. The van der Waals surface area contributed by atoms with E-state index in [2.05, 4.69) is 10.1 Å². The number of allylic oxidation sites excluding steroid dienone is 1. The summed E-state index contributed by atoms with van der Waals surface area (Å²) < 4.78 is 15.4. The van der Waals surface area contributed by atoms with E-state index in [9.17, 15) is 5.26 Å². The monoisotopic (exact) mass is 269 g/mol. The van der Waals surface area contributed by atoms with Crippen molar-refractivity contribution in [1.82, 2.24) is 10.1 Å². The molecule has 0 atom stereocenters. The molecular weight excluding hydrogens is 257 g/mol. The number of aryl methyl sites for hydroxylation is 3. The number of hydrogen-bond acceptors (Lipinski definition) is 6. The quantitative estimate of drug-likeness (QED) is 0.483. The van der Waals surface area contributed by atoms with Crippen molar-refractivity contribution in [2.24, 2.45) is 0 Å². The lowest BCUT2D eigenvalue weighted by atomic mass is 10.1. The van der Waals surface area contributed by atoms with Crippen LogP contribution in [0.25, 0.3) is 11.3 Å². The van der Waals surface area contributed by atoms with E-state index in [1.165, 1.54) is 0 Å². The highest BCUT2D eigenvalue weighted by atomic mass is 16.5. The van der Waals surface area contributed by atoms with Gasteiger partial charge >= 0.3 is 8.05 Å². The van der Waals surface area contributed by atoms with E-state index in [-0.39, 0.29) is 11.3 Å². The van der Waals surface area contributed by atoms with Crippen LogP contribution in [0.5, 0.6) is 0 Å². The minimum absolute atomic E-state index is 0.0982. The Balaban J connectivity index is 2.69. The van der Waals surface area contributed by atoms with E-state index >= 15 is 0 Å². The van der Waals surface area contributed by atoms with Crippen LogP contribution in [-0.2, 0) is 4.65 Å². The Morgan fingerprint density at radius 1 is 1.30 bits per heavy atom. The summed E-state index contributed by atoms with van der Waals surface area (Å²) in [5, 5.41) is 13.3. The maximum atomic E-state index is 9.38. The number of hydrogen-bond donors (Lipinski definition) is 0. The normalized spacial score (nSPS) is 11.9. The van der Waals surface area contributed by atoms with Gasteiger partial charge in [0, 0.05) is 12.5 Å². The van der Waals surface area contributed by atoms with Crippen LogP contribution in [0.1, 0.15) is 34.4 Å². The molecule has 0 fully saturated rings. The van der Waals surface area contributed by atoms with Crippen molar-refractivity contribution < 1.29 is 13.6 Å². The van der Waals surface area contributed by atoms with Crippen molar-refractivity contribution in [3.8, 4) is 6.07 Å². The molecule has 2 aromatic rings. The summed E-state index contributed by atoms with van der Waals surface area (Å²) in [6.07, 6.45) is 0. The van der Waals surface area contributed by atoms with Crippen LogP contribution < -0.4 is 0 Å². The molecule has 0 aliphatic heterocycles. The van der Waals surface area contributed by atoms with Gasteiger partial charge in [0.2, 0.25) is 0 Å². The fourth-order valence-electron chi connectivity index (χ4n) is 1.83. The Morgan fingerprint density at radius 3 is 2.40 bits per heavy atom. The molecule has 6 nitrogen and oxygen atoms in total. The Kier molecular flexibility index (Phi) is 3.66. The minimum atomic E-state index is 0.0982. The number of rotatable bonds is 3. The number of aromatic nitrogens is 2. The average Bonchev–Trinajstić information content (AvgIpc) is 2.91. The van der Waals surface area contributed by atoms with Crippen LogP contribution in [0.3, 0.4) is 0 Å². The van der Waals surface area contributed by atoms with Gasteiger partial charge in [-0.2, -0.15) is 5.26 Å². The molecule has 2 radical (unpaired) electrons. The highest BCUT2D eigenvalue weighted by Gasteiger charge is 2.23. The van der Waals surface area contributed by atoms with Crippen molar-refractivity contribution >= 4 is 19.4 Å². The second-order valence-electron chi connectivity index (χ2n) is 4.29. The Bertz CT molecular complexity index is 722. The SMILES string of the molecule is [B]OC(=C(C#N)c1oc(C)nc1C)c1noc(C)c1C. The fourth-order valence-corrected chi connectivity index (χ4v) is 1.83. The van der Waals surface area contributed by atoms with Crippen molar-refractivity contribution in [3.63, 3.8) is 0 Å². The molecule has 0 bridgehead atoms. The van der Waals surface area contributed by atoms with Gasteiger partial charge in [-0.05, 0) is 20.8 Å². The Morgan fingerprint density at radius 2 is 2.00 bits per heavy atom. The first-order valence-electron chi connectivity index (χ1n) is 5.88. The summed E-state index contributed by atoms with van der Waals surface area (Å²) in [6.45, 7) is 6.99. The standard InChI is InChI=1S/C13H12BN3O3/c1-6-8(3)20-17-11(6)13(19-14)10(5-15)12-7(2)16-9(4)18-12/h1-4H3. The zero-order valence-electron chi connectivity index (χ0n) is 11.6. The van der Waals surface area contributed by atoms with E-state index < -0.39 is 0 Å². The smallest absolute Gasteiger partial charge is 0.374 e. The predicted molar refractivity (Wildman–Crippen MR) is 71.2 cm³/mol. The Labute approximate surface area is 117 Å². The Hall–Kier alpha value is -2.49. The van der Waals surface area contributed by atoms with Gasteiger partial charge in [0.1, 0.15) is 17.4 Å². The molecule has 0 unspecified atom stereocenters. The predicted octanol–water partition coefficient (Wildman–Crippen LogP) is 2.39. The van der Waals surface area contributed by atoms with Gasteiger partial charge in [-0.15, -0.1) is 0 Å². The molecular formula is C13H12BN3O3.